The number of aryl methyl sites for hydroxylation is 1. The molecule has 3 aromatic carbocycles. The molecule has 2 N–H and O–H groups in total. The summed E-state index contributed by atoms with van der Waals surface area (Å²) < 4.78 is 33.2. The second-order valence-electron chi connectivity index (χ2n) is 7.73. The number of benzene rings is 3. The maximum absolute atomic E-state index is 12.5. The Morgan fingerprint density at radius 1 is 0.903 bits per heavy atom. The summed E-state index contributed by atoms with van der Waals surface area (Å²) in [6.07, 6.45) is 2.46. The summed E-state index contributed by atoms with van der Waals surface area (Å²) in [5, 5.41) is 2.81. The molecular formula is C24H24N2O4S. The number of amides is 1. The standard InChI is InChI=1S/C24H24N2O4S/c1-17-2-14-23(15-3-17)31(28,29)26-21-10-8-20(9-11-21)25-24(27)19-6-12-22(13-7-19)30-16-18-4-5-18/h2-3,6-15,18,26H,4-5,16H2,1H3,(H,25,27). The van der Waals surface area contributed by atoms with Gasteiger partial charge in [0.05, 0.1) is 11.5 Å². The molecule has 1 amide bonds. The molecule has 31 heavy (non-hydrogen) atoms. The summed E-state index contributed by atoms with van der Waals surface area (Å²) in [5.41, 5.74) is 2.48. The second kappa shape index (κ2) is 8.81. The lowest BCUT2D eigenvalue weighted by Crippen LogP contribution is -2.14. The summed E-state index contributed by atoms with van der Waals surface area (Å²) in [6, 6.07) is 20.2. The Morgan fingerprint density at radius 3 is 2.13 bits per heavy atom. The molecule has 7 heteroatoms. The van der Waals surface area contributed by atoms with Crippen molar-refractivity contribution >= 4 is 27.3 Å². The van der Waals surface area contributed by atoms with Gasteiger partial charge in [0.2, 0.25) is 0 Å². The normalized spacial score (nSPS) is 13.5. The Labute approximate surface area is 182 Å². The van der Waals surface area contributed by atoms with Crippen LogP contribution in [0.1, 0.15) is 28.8 Å². The van der Waals surface area contributed by atoms with Gasteiger partial charge in [-0.25, -0.2) is 8.42 Å². The molecule has 0 heterocycles. The monoisotopic (exact) mass is 436 g/mol. The lowest BCUT2D eigenvalue weighted by molar-refractivity contribution is 0.102. The highest BCUT2D eigenvalue weighted by atomic mass is 32.2. The Hall–Kier alpha value is -3.32. The topological polar surface area (TPSA) is 84.5 Å². The van der Waals surface area contributed by atoms with Crippen LogP contribution < -0.4 is 14.8 Å². The molecule has 1 aliphatic carbocycles. The van der Waals surface area contributed by atoms with Gasteiger partial charge in [-0.2, -0.15) is 0 Å². The van der Waals surface area contributed by atoms with Crippen LogP contribution in [-0.2, 0) is 10.0 Å². The van der Waals surface area contributed by atoms with E-state index < -0.39 is 10.0 Å². The van der Waals surface area contributed by atoms with Crippen LogP contribution in [-0.4, -0.2) is 20.9 Å². The van der Waals surface area contributed by atoms with Gasteiger partial charge in [-0.05, 0) is 86.3 Å². The van der Waals surface area contributed by atoms with Gasteiger partial charge >= 0.3 is 0 Å². The minimum absolute atomic E-state index is 0.194. The molecule has 0 saturated heterocycles. The van der Waals surface area contributed by atoms with Crippen LogP contribution in [0.2, 0.25) is 0 Å². The molecule has 3 aromatic rings. The fourth-order valence-electron chi connectivity index (χ4n) is 2.96. The van der Waals surface area contributed by atoms with Crippen molar-refractivity contribution < 1.29 is 17.9 Å². The lowest BCUT2D eigenvalue weighted by Gasteiger charge is -2.10. The van der Waals surface area contributed by atoms with Crippen molar-refractivity contribution in [2.45, 2.75) is 24.7 Å². The van der Waals surface area contributed by atoms with E-state index in [1.165, 1.54) is 12.8 Å². The van der Waals surface area contributed by atoms with Gasteiger partial charge in [0, 0.05) is 16.9 Å². The number of rotatable bonds is 8. The van der Waals surface area contributed by atoms with E-state index in [1.807, 2.05) is 6.92 Å². The van der Waals surface area contributed by atoms with Crippen LogP contribution in [0.4, 0.5) is 11.4 Å². The number of hydrogen-bond acceptors (Lipinski definition) is 4. The first-order valence-corrected chi connectivity index (χ1v) is 11.6. The van der Waals surface area contributed by atoms with Crippen molar-refractivity contribution in [3.05, 3.63) is 83.9 Å². The molecule has 1 saturated carbocycles. The highest BCUT2D eigenvalue weighted by Gasteiger charge is 2.21. The van der Waals surface area contributed by atoms with Gasteiger partial charge in [-0.15, -0.1) is 0 Å². The van der Waals surface area contributed by atoms with Gasteiger partial charge in [0.15, 0.2) is 0 Å². The maximum atomic E-state index is 12.5. The molecule has 6 nitrogen and oxygen atoms in total. The summed E-state index contributed by atoms with van der Waals surface area (Å²) in [7, 11) is -3.67. The van der Waals surface area contributed by atoms with E-state index in [-0.39, 0.29) is 10.8 Å². The number of anilines is 2. The highest BCUT2D eigenvalue weighted by Crippen LogP contribution is 2.29. The van der Waals surface area contributed by atoms with Gasteiger partial charge in [-0.1, -0.05) is 17.7 Å². The van der Waals surface area contributed by atoms with E-state index in [0.29, 0.717) is 22.9 Å². The SMILES string of the molecule is Cc1ccc(S(=O)(=O)Nc2ccc(NC(=O)c3ccc(OCC4CC4)cc3)cc2)cc1. The molecule has 4 rings (SSSR count). The molecule has 0 aliphatic heterocycles. The summed E-state index contributed by atoms with van der Waals surface area (Å²) in [6.45, 7) is 2.62. The Morgan fingerprint density at radius 2 is 1.52 bits per heavy atom. The average Bonchev–Trinajstić information content (AvgIpc) is 3.59. The smallest absolute Gasteiger partial charge is 0.261 e. The summed E-state index contributed by atoms with van der Waals surface area (Å²) in [4.78, 5) is 12.7. The summed E-state index contributed by atoms with van der Waals surface area (Å²) >= 11 is 0. The molecule has 160 valence electrons. The molecular weight excluding hydrogens is 412 g/mol. The Balaban J connectivity index is 1.35. The van der Waals surface area contributed by atoms with Crippen molar-refractivity contribution in [3.63, 3.8) is 0 Å². The number of ether oxygens (including phenoxy) is 1. The van der Waals surface area contributed by atoms with Crippen molar-refractivity contribution in [1.82, 2.24) is 0 Å². The number of hydrogen-bond donors (Lipinski definition) is 2. The third-order valence-electron chi connectivity index (χ3n) is 5.03. The minimum Gasteiger partial charge on any atom is -0.493 e. The summed E-state index contributed by atoms with van der Waals surface area (Å²) in [5.74, 6) is 1.18. The fraction of sp³-hybridized carbons (Fsp3) is 0.208. The first-order chi connectivity index (χ1) is 14.9. The molecule has 1 aliphatic rings. The van der Waals surface area contributed by atoms with Crippen LogP contribution >= 0.6 is 0 Å². The van der Waals surface area contributed by atoms with E-state index in [1.54, 1.807) is 72.8 Å². The van der Waals surface area contributed by atoms with Crippen LogP contribution in [0.3, 0.4) is 0 Å². The van der Waals surface area contributed by atoms with Crippen molar-refractivity contribution in [2.75, 3.05) is 16.6 Å². The number of sulfonamides is 1. The Bertz CT molecular complexity index is 1150. The molecule has 1 fully saturated rings. The van der Waals surface area contributed by atoms with Crippen molar-refractivity contribution in [3.8, 4) is 5.75 Å². The maximum Gasteiger partial charge on any atom is 0.261 e. The first kappa shape index (κ1) is 20.9. The van der Waals surface area contributed by atoms with Crippen LogP contribution in [0.15, 0.2) is 77.7 Å². The van der Waals surface area contributed by atoms with Crippen molar-refractivity contribution in [1.29, 1.82) is 0 Å². The van der Waals surface area contributed by atoms with E-state index in [4.69, 9.17) is 4.74 Å². The predicted octanol–water partition coefficient (Wildman–Crippen LogP) is 4.84. The zero-order valence-corrected chi connectivity index (χ0v) is 18.0. The molecule has 0 unspecified atom stereocenters. The van der Waals surface area contributed by atoms with E-state index in [9.17, 15) is 13.2 Å². The average molecular weight is 437 g/mol. The number of carbonyl (C=O) groups excluding carboxylic acids is 1. The third kappa shape index (κ3) is 5.64. The van der Waals surface area contributed by atoms with Gasteiger partial charge in [-0.3, -0.25) is 9.52 Å². The van der Waals surface area contributed by atoms with Crippen LogP contribution in [0.5, 0.6) is 5.75 Å². The molecule has 0 spiro atoms. The Kier molecular flexibility index (Phi) is 5.95. The quantitative estimate of drug-likeness (QED) is 0.529. The third-order valence-corrected chi connectivity index (χ3v) is 6.42. The second-order valence-corrected chi connectivity index (χ2v) is 9.41. The van der Waals surface area contributed by atoms with Crippen LogP contribution in [0, 0.1) is 12.8 Å². The highest BCUT2D eigenvalue weighted by molar-refractivity contribution is 7.92. The number of nitrogens with one attached hydrogen (secondary N) is 2. The zero-order chi connectivity index (χ0) is 21.8. The van der Waals surface area contributed by atoms with E-state index >= 15 is 0 Å². The minimum atomic E-state index is -3.67. The molecule has 0 bridgehead atoms. The largest absolute Gasteiger partial charge is 0.493 e. The first-order valence-electron chi connectivity index (χ1n) is 10.1. The van der Waals surface area contributed by atoms with E-state index in [0.717, 1.165) is 17.9 Å². The lowest BCUT2D eigenvalue weighted by atomic mass is 10.2. The predicted molar refractivity (Wildman–Crippen MR) is 121 cm³/mol. The zero-order valence-electron chi connectivity index (χ0n) is 17.2. The van der Waals surface area contributed by atoms with Gasteiger partial charge < -0.3 is 10.1 Å². The molecule has 0 atom stereocenters. The molecule has 0 radical (unpaired) electrons. The molecule has 0 aromatic heterocycles. The van der Waals surface area contributed by atoms with E-state index in [2.05, 4.69) is 10.0 Å². The van der Waals surface area contributed by atoms with Crippen molar-refractivity contribution in [2.24, 2.45) is 5.92 Å². The fourth-order valence-corrected chi connectivity index (χ4v) is 4.02. The van der Waals surface area contributed by atoms with Gasteiger partial charge in [0.1, 0.15) is 5.75 Å². The number of carbonyl (C=O) groups is 1. The van der Waals surface area contributed by atoms with Gasteiger partial charge in [0.25, 0.3) is 15.9 Å². The van der Waals surface area contributed by atoms with Crippen LogP contribution in [0.25, 0.3) is 0 Å².